The van der Waals surface area contributed by atoms with Crippen molar-refractivity contribution in [2.75, 3.05) is 0 Å². The Hall–Kier alpha value is -4.24. The van der Waals surface area contributed by atoms with Crippen LogP contribution in [-0.2, 0) is 5.41 Å². The molecule has 4 saturated carbocycles. The second-order valence-electron chi connectivity index (χ2n) is 15.2. The van der Waals surface area contributed by atoms with Gasteiger partial charge in [-0.25, -0.2) is 0 Å². The predicted octanol–water partition coefficient (Wildman–Crippen LogP) is 13.5. The van der Waals surface area contributed by atoms with Gasteiger partial charge in [-0.2, -0.15) is 0 Å². The molecule has 0 saturated heterocycles. The van der Waals surface area contributed by atoms with Gasteiger partial charge in [0.1, 0.15) is 0 Å². The lowest BCUT2D eigenvalue weighted by Gasteiger charge is -2.61. The maximum atomic E-state index is 2.55. The van der Waals surface area contributed by atoms with E-state index in [0.29, 0.717) is 0 Å². The molecule has 0 nitrogen and oxygen atoms in total. The first-order chi connectivity index (χ1) is 23.8. The minimum atomic E-state index is 0.179. The summed E-state index contributed by atoms with van der Waals surface area (Å²) in [4.78, 5) is 0. The van der Waals surface area contributed by atoms with E-state index in [4.69, 9.17) is 0 Å². The van der Waals surface area contributed by atoms with Gasteiger partial charge in [0.25, 0.3) is 0 Å². The van der Waals surface area contributed by atoms with Crippen molar-refractivity contribution < 1.29 is 0 Å². The van der Waals surface area contributed by atoms with Crippen LogP contribution in [0.15, 0.2) is 121 Å². The first-order valence-corrected chi connectivity index (χ1v) is 19.5. The van der Waals surface area contributed by atoms with Gasteiger partial charge in [-0.15, -0.1) is 22.7 Å². The minimum absolute atomic E-state index is 0.179. The van der Waals surface area contributed by atoms with Crippen LogP contribution in [0.2, 0.25) is 0 Å². The number of hydrogen-bond acceptors (Lipinski definition) is 2. The van der Waals surface area contributed by atoms with Crippen LogP contribution in [0.5, 0.6) is 0 Å². The lowest BCUT2D eigenvalue weighted by molar-refractivity contribution is -0.0399. The van der Waals surface area contributed by atoms with Crippen molar-refractivity contribution in [3.05, 3.63) is 132 Å². The molecule has 6 aromatic carbocycles. The van der Waals surface area contributed by atoms with Crippen molar-refractivity contribution in [1.82, 2.24) is 0 Å². The van der Waals surface area contributed by atoms with Crippen LogP contribution in [0, 0.1) is 23.7 Å². The van der Waals surface area contributed by atoms with E-state index in [1.165, 1.54) is 106 Å². The molecule has 0 radical (unpaired) electrons. The molecule has 0 atom stereocenters. The number of fused-ring (bicyclic) bond motifs is 9. The Morgan fingerprint density at radius 1 is 0.458 bits per heavy atom. The summed E-state index contributed by atoms with van der Waals surface area (Å²) < 4.78 is 5.49. The van der Waals surface area contributed by atoms with Crippen LogP contribution in [-0.4, -0.2) is 0 Å². The molecule has 2 heteroatoms. The molecule has 5 aliphatic rings. The number of benzene rings is 6. The summed E-state index contributed by atoms with van der Waals surface area (Å²) in [5.41, 5.74) is 12.0. The van der Waals surface area contributed by atoms with Gasteiger partial charge in [-0.1, -0.05) is 91.0 Å². The van der Waals surface area contributed by atoms with E-state index in [1.54, 1.807) is 11.1 Å². The Morgan fingerprint density at radius 3 is 1.92 bits per heavy atom. The Bertz CT molecular complexity index is 2620. The highest BCUT2D eigenvalue weighted by molar-refractivity contribution is 7.26. The molecule has 2 aromatic heterocycles. The van der Waals surface area contributed by atoms with Crippen LogP contribution >= 0.6 is 22.7 Å². The van der Waals surface area contributed by atoms with Crippen molar-refractivity contribution in [2.45, 2.75) is 37.5 Å². The minimum Gasteiger partial charge on any atom is -0.135 e. The van der Waals surface area contributed by atoms with Crippen molar-refractivity contribution in [1.29, 1.82) is 0 Å². The first-order valence-electron chi connectivity index (χ1n) is 17.9. The van der Waals surface area contributed by atoms with Crippen LogP contribution in [0.4, 0.5) is 0 Å². The zero-order valence-electron chi connectivity index (χ0n) is 26.7. The Kier molecular flexibility index (Phi) is 5.26. The zero-order chi connectivity index (χ0) is 31.1. The second kappa shape index (κ2) is 9.47. The molecule has 0 amide bonds. The molecule has 0 unspecified atom stereocenters. The van der Waals surface area contributed by atoms with E-state index >= 15 is 0 Å². The lowest BCUT2D eigenvalue weighted by Crippen LogP contribution is -2.55. The van der Waals surface area contributed by atoms with E-state index in [1.807, 2.05) is 22.7 Å². The summed E-state index contributed by atoms with van der Waals surface area (Å²) in [5, 5.41) is 5.51. The van der Waals surface area contributed by atoms with E-state index in [-0.39, 0.29) is 5.41 Å². The molecule has 5 aliphatic carbocycles. The van der Waals surface area contributed by atoms with E-state index in [2.05, 4.69) is 121 Å². The largest absolute Gasteiger partial charge is 0.135 e. The molecule has 48 heavy (non-hydrogen) atoms. The molecule has 0 N–H and O–H groups in total. The number of thiophene rings is 2. The molecule has 13 rings (SSSR count). The molecule has 0 aliphatic heterocycles. The fourth-order valence-electron chi connectivity index (χ4n) is 11.6. The first kappa shape index (κ1) is 26.7. The Labute approximate surface area is 288 Å². The molecule has 4 fully saturated rings. The normalized spacial score (nSPS) is 25.2. The average Bonchev–Trinajstić information content (AvgIpc) is 3.78. The average molecular weight is 651 g/mol. The summed E-state index contributed by atoms with van der Waals surface area (Å²) in [6.45, 7) is 0. The van der Waals surface area contributed by atoms with Crippen LogP contribution in [0.3, 0.4) is 0 Å². The van der Waals surface area contributed by atoms with E-state index in [0.717, 1.165) is 23.7 Å². The summed E-state index contributed by atoms with van der Waals surface area (Å²) >= 11 is 3.87. The lowest BCUT2D eigenvalue weighted by atomic mass is 9.43. The molecule has 2 heterocycles. The van der Waals surface area contributed by atoms with Crippen LogP contribution in [0.25, 0.3) is 73.7 Å². The zero-order valence-corrected chi connectivity index (χ0v) is 28.3. The Morgan fingerprint density at radius 2 is 1.08 bits per heavy atom. The van der Waals surface area contributed by atoms with Gasteiger partial charge >= 0.3 is 0 Å². The molecule has 1 spiro atoms. The maximum absolute atomic E-state index is 2.55. The highest BCUT2D eigenvalue weighted by atomic mass is 32.1. The van der Waals surface area contributed by atoms with Gasteiger partial charge in [0.15, 0.2) is 0 Å². The highest BCUT2D eigenvalue weighted by Gasteiger charge is 2.61. The summed E-state index contributed by atoms with van der Waals surface area (Å²) in [6, 6.07) is 47.0. The third-order valence-corrected chi connectivity index (χ3v) is 15.4. The second-order valence-corrected chi connectivity index (χ2v) is 17.4. The van der Waals surface area contributed by atoms with Crippen molar-refractivity contribution in [2.24, 2.45) is 23.7 Å². The molecule has 4 bridgehead atoms. The van der Waals surface area contributed by atoms with Gasteiger partial charge in [0.05, 0.1) is 0 Å². The van der Waals surface area contributed by atoms with Gasteiger partial charge in [0.2, 0.25) is 0 Å². The van der Waals surface area contributed by atoms with E-state index in [9.17, 15) is 0 Å². The summed E-state index contributed by atoms with van der Waals surface area (Å²) in [5.74, 6) is 3.44. The van der Waals surface area contributed by atoms with Crippen LogP contribution < -0.4 is 0 Å². The predicted molar refractivity (Wildman–Crippen MR) is 206 cm³/mol. The van der Waals surface area contributed by atoms with Crippen molar-refractivity contribution in [3.63, 3.8) is 0 Å². The summed E-state index contributed by atoms with van der Waals surface area (Å²) in [6.07, 6.45) is 7.16. The van der Waals surface area contributed by atoms with E-state index < -0.39 is 0 Å². The van der Waals surface area contributed by atoms with Gasteiger partial charge in [-0.3, -0.25) is 0 Å². The van der Waals surface area contributed by atoms with Gasteiger partial charge < -0.3 is 0 Å². The maximum Gasteiger partial charge on any atom is 0.0434 e. The van der Waals surface area contributed by atoms with Crippen LogP contribution in [0.1, 0.15) is 43.2 Å². The topological polar surface area (TPSA) is 0 Å². The Balaban J connectivity index is 1.17. The molecule has 8 aromatic rings. The standard InChI is InChI=1S/C46H34S2/c1-4-14-38-34(10-1)43-31(12-7-15-39(43)46(38)29-20-26-19-27(22-29)23-30(46)21-26)28-24-36-32-9-2-5-16-40(32)48-45(36)37(25-28)33-13-8-18-42-44(33)35-11-3-6-17-41(35)47-42/h1-18,24-27,29-30H,19-23H2. The number of rotatable bonds is 2. The monoisotopic (exact) mass is 650 g/mol. The fourth-order valence-corrected chi connectivity index (χ4v) is 14.0. The van der Waals surface area contributed by atoms with Crippen molar-refractivity contribution in [3.8, 4) is 33.4 Å². The summed E-state index contributed by atoms with van der Waals surface area (Å²) in [7, 11) is 0. The number of hydrogen-bond donors (Lipinski definition) is 0. The SMILES string of the molecule is c1ccc2c(c1)-c1c(-c3cc(-c4cccc5sc6ccccc6c45)c4sc5ccccc5c4c3)cccc1C21C2CC3CC(C2)CC1C3. The van der Waals surface area contributed by atoms with Gasteiger partial charge in [-0.05, 0) is 125 Å². The van der Waals surface area contributed by atoms with Crippen molar-refractivity contribution >= 4 is 63.0 Å². The molecular formula is C46H34S2. The fraction of sp³-hybridized carbons (Fsp3) is 0.217. The van der Waals surface area contributed by atoms with Gasteiger partial charge in [0, 0.05) is 51.3 Å². The third kappa shape index (κ3) is 3.31. The highest BCUT2D eigenvalue weighted by Crippen LogP contribution is 2.70. The quantitative estimate of drug-likeness (QED) is 0.175. The third-order valence-electron chi connectivity index (χ3n) is 13.1. The smallest absolute Gasteiger partial charge is 0.0434 e. The molecule has 230 valence electrons. The molecular weight excluding hydrogens is 617 g/mol.